The molecule has 0 unspecified atom stereocenters. The van der Waals surface area contributed by atoms with E-state index >= 15 is 0 Å². The topological polar surface area (TPSA) is 77.0 Å². The van der Waals surface area contributed by atoms with Crippen molar-refractivity contribution in [3.63, 3.8) is 0 Å². The second-order valence-corrected chi connectivity index (χ2v) is 9.56. The molecule has 1 aliphatic rings. The molecule has 188 valence electrons. The highest BCUT2D eigenvalue weighted by Crippen LogP contribution is 2.38. The Hall–Kier alpha value is -2.91. The van der Waals surface area contributed by atoms with Crippen molar-refractivity contribution in [2.24, 2.45) is 5.73 Å². The Morgan fingerprint density at radius 3 is 2.37 bits per heavy atom. The monoisotopic (exact) mass is 507 g/mol. The number of hydrogen-bond donors (Lipinski definition) is 1. The largest absolute Gasteiger partial charge is 0.327 e. The van der Waals surface area contributed by atoms with Gasteiger partial charge in [-0.15, -0.1) is 0 Å². The Bertz CT molecular complexity index is 1240. The Kier molecular flexibility index (Phi) is 7.91. The van der Waals surface area contributed by atoms with E-state index in [0.29, 0.717) is 30.0 Å². The van der Waals surface area contributed by atoms with Gasteiger partial charge in [0.05, 0.1) is 22.8 Å². The number of amides is 1. The van der Waals surface area contributed by atoms with Crippen molar-refractivity contribution in [3.8, 4) is 11.3 Å². The molecule has 3 heterocycles. The van der Waals surface area contributed by atoms with E-state index in [2.05, 4.69) is 9.55 Å². The fraction of sp³-hybridized carbons (Fsp3) is 0.400. The van der Waals surface area contributed by atoms with Crippen molar-refractivity contribution in [1.29, 1.82) is 0 Å². The third kappa shape index (κ3) is 5.36. The predicted molar refractivity (Wildman–Crippen MR) is 129 cm³/mol. The van der Waals surface area contributed by atoms with Gasteiger partial charge in [0.15, 0.2) is 11.6 Å². The molecule has 35 heavy (non-hydrogen) atoms. The number of pyridine rings is 1. The minimum Gasteiger partial charge on any atom is -0.327 e. The first-order valence-corrected chi connectivity index (χ1v) is 11.6. The fourth-order valence-electron chi connectivity index (χ4n) is 4.26. The summed E-state index contributed by atoms with van der Waals surface area (Å²) in [6.07, 6.45) is 1.30. The minimum absolute atomic E-state index is 0.0583. The first-order chi connectivity index (χ1) is 16.4. The number of rotatable bonds is 3. The summed E-state index contributed by atoms with van der Waals surface area (Å²) in [5, 5.41) is 0.0700. The van der Waals surface area contributed by atoms with Gasteiger partial charge in [0, 0.05) is 36.2 Å². The molecule has 2 N–H and O–H groups in total. The number of aryl methyl sites for hydroxylation is 1. The quantitative estimate of drug-likeness (QED) is 0.530. The zero-order valence-electron chi connectivity index (χ0n) is 20.4. The number of imidazole rings is 1. The molecule has 0 aliphatic carbocycles. The fourth-order valence-corrected chi connectivity index (χ4v) is 4.36. The van der Waals surface area contributed by atoms with Crippen LogP contribution in [0, 0.1) is 24.4 Å². The number of fused-ring (bicyclic) bond motifs is 1. The van der Waals surface area contributed by atoms with Crippen LogP contribution in [-0.4, -0.2) is 38.4 Å². The third-order valence-electron chi connectivity index (χ3n) is 5.94. The molecule has 0 saturated heterocycles. The lowest BCUT2D eigenvalue weighted by molar-refractivity contribution is -0.137. The molecule has 2 aromatic heterocycles. The Balaban J connectivity index is 0.000000320. The molecular weight excluding hydrogens is 479 g/mol. The summed E-state index contributed by atoms with van der Waals surface area (Å²) in [6.45, 7) is 10.7. The molecule has 0 bridgehead atoms. The standard InChI is InChI=1S/C19H24F2N4O.C6H5ClFN/c1-11(2)17-16(12-5-6-13(20)14(21)9-12)23-18-19(3,4)25(15(26)10-22)8-7-24(17)18;1-4-2-6(8)5(7)3-9-4/h5-6,9,11H,7-8,10,22H2,1-4H3;2-3H,1H3. The average molecular weight is 508 g/mol. The number of nitrogens with two attached hydrogens (primary N) is 1. The van der Waals surface area contributed by atoms with Crippen molar-refractivity contribution in [2.75, 3.05) is 13.1 Å². The number of aromatic nitrogens is 3. The molecule has 0 saturated carbocycles. The van der Waals surface area contributed by atoms with Crippen LogP contribution < -0.4 is 5.73 Å². The van der Waals surface area contributed by atoms with Gasteiger partial charge in [-0.2, -0.15) is 0 Å². The third-order valence-corrected chi connectivity index (χ3v) is 6.22. The number of hydrogen-bond acceptors (Lipinski definition) is 4. The van der Waals surface area contributed by atoms with Crippen LogP contribution in [0.4, 0.5) is 13.2 Å². The zero-order valence-corrected chi connectivity index (χ0v) is 21.1. The van der Waals surface area contributed by atoms with Crippen LogP contribution in [0.15, 0.2) is 30.5 Å². The Morgan fingerprint density at radius 2 is 1.83 bits per heavy atom. The minimum atomic E-state index is -0.901. The van der Waals surface area contributed by atoms with Crippen LogP contribution in [0.2, 0.25) is 5.02 Å². The first-order valence-electron chi connectivity index (χ1n) is 11.2. The molecule has 0 fully saturated rings. The van der Waals surface area contributed by atoms with E-state index < -0.39 is 23.0 Å². The Labute approximate surface area is 207 Å². The van der Waals surface area contributed by atoms with Gasteiger partial charge in [0.25, 0.3) is 0 Å². The lowest BCUT2D eigenvalue weighted by Gasteiger charge is -2.42. The maximum atomic E-state index is 13.8. The van der Waals surface area contributed by atoms with E-state index in [4.69, 9.17) is 22.3 Å². The predicted octanol–water partition coefficient (Wildman–Crippen LogP) is 5.17. The number of carbonyl (C=O) groups excluding carboxylic acids is 1. The van der Waals surface area contributed by atoms with E-state index in [9.17, 15) is 18.0 Å². The summed E-state index contributed by atoms with van der Waals surface area (Å²) in [5.74, 6) is -1.47. The highest BCUT2D eigenvalue weighted by atomic mass is 35.5. The molecule has 0 atom stereocenters. The summed E-state index contributed by atoms with van der Waals surface area (Å²) in [7, 11) is 0. The van der Waals surface area contributed by atoms with Gasteiger partial charge in [-0.3, -0.25) is 9.78 Å². The van der Waals surface area contributed by atoms with Gasteiger partial charge in [-0.05, 0) is 51.0 Å². The van der Waals surface area contributed by atoms with Crippen molar-refractivity contribution >= 4 is 17.5 Å². The summed E-state index contributed by atoms with van der Waals surface area (Å²) >= 11 is 5.34. The number of halogens is 4. The van der Waals surface area contributed by atoms with Crippen molar-refractivity contribution in [2.45, 2.75) is 52.6 Å². The smallest absolute Gasteiger partial charge is 0.237 e. The van der Waals surface area contributed by atoms with E-state index in [1.807, 2.05) is 27.7 Å². The average Bonchev–Trinajstić information content (AvgIpc) is 3.20. The molecule has 3 aromatic rings. The normalized spacial score (nSPS) is 14.4. The molecular formula is C25H29ClF3N5O. The summed E-state index contributed by atoms with van der Waals surface area (Å²) in [6, 6.07) is 5.12. The maximum absolute atomic E-state index is 13.8. The Morgan fingerprint density at radius 1 is 1.14 bits per heavy atom. The van der Waals surface area contributed by atoms with Gasteiger partial charge < -0.3 is 15.2 Å². The van der Waals surface area contributed by atoms with Gasteiger partial charge in [-0.1, -0.05) is 25.4 Å². The van der Waals surface area contributed by atoms with Gasteiger partial charge in [-0.25, -0.2) is 18.2 Å². The first kappa shape index (κ1) is 26.7. The van der Waals surface area contributed by atoms with E-state index in [1.54, 1.807) is 11.8 Å². The lowest BCUT2D eigenvalue weighted by Crippen LogP contribution is -2.53. The number of carbonyl (C=O) groups is 1. The molecule has 1 amide bonds. The molecule has 6 nitrogen and oxygen atoms in total. The van der Waals surface area contributed by atoms with Crippen LogP contribution >= 0.6 is 11.6 Å². The van der Waals surface area contributed by atoms with Crippen molar-refractivity contribution in [1.82, 2.24) is 19.4 Å². The second-order valence-electron chi connectivity index (χ2n) is 9.15. The number of nitrogens with zero attached hydrogens (tertiary/aromatic N) is 4. The van der Waals surface area contributed by atoms with Crippen molar-refractivity contribution < 1.29 is 18.0 Å². The van der Waals surface area contributed by atoms with Crippen LogP contribution in [0.1, 0.15) is 50.8 Å². The van der Waals surface area contributed by atoms with E-state index in [1.165, 1.54) is 24.4 Å². The molecule has 0 radical (unpaired) electrons. The van der Waals surface area contributed by atoms with Gasteiger partial charge in [0.1, 0.15) is 11.6 Å². The zero-order chi connectivity index (χ0) is 26.1. The highest BCUT2D eigenvalue weighted by molar-refractivity contribution is 6.30. The van der Waals surface area contributed by atoms with Crippen LogP contribution in [-0.2, 0) is 16.9 Å². The molecule has 1 aromatic carbocycles. The molecule has 10 heteroatoms. The van der Waals surface area contributed by atoms with Crippen LogP contribution in [0.5, 0.6) is 0 Å². The molecule has 1 aliphatic heterocycles. The van der Waals surface area contributed by atoms with Crippen LogP contribution in [0.25, 0.3) is 11.3 Å². The van der Waals surface area contributed by atoms with E-state index in [0.717, 1.165) is 17.6 Å². The van der Waals surface area contributed by atoms with E-state index in [-0.39, 0.29) is 23.4 Å². The summed E-state index contributed by atoms with van der Waals surface area (Å²) in [5.41, 5.74) is 7.66. The molecule has 4 rings (SSSR count). The van der Waals surface area contributed by atoms with Gasteiger partial charge in [0.2, 0.25) is 5.91 Å². The maximum Gasteiger partial charge on any atom is 0.237 e. The lowest BCUT2D eigenvalue weighted by atomic mass is 9.98. The SMILES string of the molecule is CC(C)c1c(-c2ccc(F)c(F)c2)nc2n1CCN(C(=O)CN)C2(C)C.Cc1cc(F)c(Cl)cn1. The van der Waals surface area contributed by atoms with Crippen molar-refractivity contribution in [3.05, 3.63) is 70.1 Å². The second kappa shape index (κ2) is 10.4. The molecule has 0 spiro atoms. The summed E-state index contributed by atoms with van der Waals surface area (Å²) < 4.78 is 41.6. The van der Waals surface area contributed by atoms with Crippen LogP contribution in [0.3, 0.4) is 0 Å². The number of benzene rings is 1. The summed E-state index contributed by atoms with van der Waals surface area (Å²) in [4.78, 5) is 22.5. The highest BCUT2D eigenvalue weighted by Gasteiger charge is 2.41. The van der Waals surface area contributed by atoms with Gasteiger partial charge >= 0.3 is 0 Å².